The maximum absolute atomic E-state index is 14.9. The Balaban J connectivity index is 1.16. The zero-order chi connectivity index (χ0) is 79.7. The standard InChI is InChI=1S/C75H114FN11O19S/c1-16-45(8)65(56(104-14)35-59(90)87-39-50(103-13)34-54(87)66(105-15)46(9)67(94)79-38-55(88)51-28-27-49(102-12)33-52(51)76)84(10)72(99)63(43(4)5)83-70(97)64(44(6)7)85(11)74(101)106-40-47-23-25-48(26-24-47)80-68(95)53(21-20-31-78-73(77)100)81-69(96)62(42(2)3)82-58(89)22-18-17-19-32-86-60(91)36-57(71(86)98)107-41-75(29-30-75)37-61(92)93/h23-28,33,42-46,50,53-54,56-57,62-66H,16-22,29-32,34-41H2,1-15H3,(H,79,94)(H,80,95)(H,81,96)(H,82,89)(H,83,97)(H,92,93)(H3,77,78,100)/t45-,46+,50+,53-,54-,56+,57?,62-,63-,64-,65-,66+/m0/s1. The minimum atomic E-state index is -1.15. The van der Waals surface area contributed by atoms with E-state index in [-0.39, 0.29) is 105 Å². The fourth-order valence-electron chi connectivity index (χ4n) is 13.6. The number of carbonyl (C=O) groups excluding carboxylic acids is 12. The number of methoxy groups -OCH3 is 4. The third-order valence-electron chi connectivity index (χ3n) is 20.3. The minimum Gasteiger partial charge on any atom is -0.497 e. The van der Waals surface area contributed by atoms with Crippen molar-refractivity contribution in [2.45, 2.75) is 212 Å². The van der Waals surface area contributed by atoms with Crippen LogP contribution in [0.5, 0.6) is 5.75 Å². The summed E-state index contributed by atoms with van der Waals surface area (Å²) in [7, 11) is 8.73. The number of amides is 12. The summed E-state index contributed by atoms with van der Waals surface area (Å²) in [6, 6.07) is 3.46. The number of Topliss-reactive ketones (excluding diaryl/α,β-unsaturated/α-hetero) is 1. The summed E-state index contributed by atoms with van der Waals surface area (Å²) in [6.45, 7) is 15.6. The van der Waals surface area contributed by atoms with Crippen molar-refractivity contribution in [1.82, 2.24) is 46.2 Å². The van der Waals surface area contributed by atoms with Gasteiger partial charge in [0.05, 0.1) is 73.6 Å². The molecular formula is C75H114FN11O19S. The molecule has 5 rings (SSSR count). The second-order valence-corrected chi connectivity index (χ2v) is 30.5. The van der Waals surface area contributed by atoms with Crippen LogP contribution in [-0.2, 0) is 73.5 Å². The summed E-state index contributed by atoms with van der Waals surface area (Å²) in [6.07, 6.45) is 0.926. The summed E-state index contributed by atoms with van der Waals surface area (Å²) in [5.41, 5.74) is 5.53. The van der Waals surface area contributed by atoms with E-state index >= 15 is 0 Å². The highest BCUT2D eigenvalue weighted by Gasteiger charge is 2.49. The Morgan fingerprint density at radius 3 is 2.02 bits per heavy atom. The fourth-order valence-corrected chi connectivity index (χ4v) is 15.1. The summed E-state index contributed by atoms with van der Waals surface area (Å²) >= 11 is 1.34. The Hall–Kier alpha value is -8.49. The third kappa shape index (κ3) is 25.8. The molecule has 9 N–H and O–H groups in total. The van der Waals surface area contributed by atoms with Gasteiger partial charge in [-0.2, -0.15) is 0 Å². The SMILES string of the molecule is CC[C@H](C)[C@@H]([C@@H](CC(=O)N1C[C@H](OC)C[C@H]1[C@H](OC)[C@@H](C)C(=O)NCC(=O)c1ccc(OC)cc1F)OC)N(C)C(=O)[C@@H](NC(=O)[C@H](C(C)C)N(C)C(=O)OCc1ccc(NC(=O)[C@H](CCCNC(N)=O)NC(=O)[C@@H](NC(=O)CCCCCN2C(=O)CC(SCC3(CC(=O)O)CC3)C2=O)C(C)C)cc1)C(C)C. The highest BCUT2D eigenvalue weighted by atomic mass is 32.2. The first kappa shape index (κ1) is 89.1. The number of rotatable bonds is 45. The number of hydrogen-bond donors (Lipinski definition) is 8. The third-order valence-corrected chi connectivity index (χ3v) is 21.9. The van der Waals surface area contributed by atoms with Crippen LogP contribution < -0.4 is 42.4 Å². The molecule has 1 unspecified atom stereocenters. The number of likely N-dealkylation sites (tertiary alicyclic amines) is 2. The number of anilines is 1. The van der Waals surface area contributed by atoms with Crippen LogP contribution >= 0.6 is 11.8 Å². The second kappa shape index (κ2) is 42.3. The maximum atomic E-state index is 14.9. The molecule has 2 aromatic carbocycles. The predicted molar refractivity (Wildman–Crippen MR) is 396 cm³/mol. The number of carbonyl (C=O) groups is 13. The highest BCUT2D eigenvalue weighted by molar-refractivity contribution is 8.00. The lowest BCUT2D eigenvalue weighted by Crippen LogP contribution is -2.60. The van der Waals surface area contributed by atoms with E-state index in [4.69, 9.17) is 29.4 Å². The number of unbranched alkanes of at least 4 members (excludes halogenated alkanes) is 2. The van der Waals surface area contributed by atoms with Crippen LogP contribution in [-0.4, -0.2) is 236 Å². The van der Waals surface area contributed by atoms with Gasteiger partial charge in [0.15, 0.2) is 5.78 Å². The zero-order valence-corrected chi connectivity index (χ0v) is 65.4. The molecule has 0 aromatic heterocycles. The average molecular weight is 1520 g/mol. The van der Waals surface area contributed by atoms with Crippen molar-refractivity contribution in [3.8, 4) is 5.75 Å². The molecule has 1 saturated carbocycles. The number of halogens is 1. The molecule has 3 fully saturated rings. The number of nitrogens with two attached hydrogens (primary N) is 1. The summed E-state index contributed by atoms with van der Waals surface area (Å²) in [5.74, 6) is -8.45. The fraction of sp³-hybridized carbons (Fsp3) is 0.667. The zero-order valence-electron chi connectivity index (χ0n) is 64.6. The normalized spacial score (nSPS) is 18.6. The first-order chi connectivity index (χ1) is 50.5. The number of carboxylic acid groups (broad SMARTS) is 1. The molecule has 30 nitrogen and oxygen atoms in total. The van der Waals surface area contributed by atoms with E-state index in [9.17, 15) is 71.8 Å². The van der Waals surface area contributed by atoms with Crippen LogP contribution in [0.4, 0.5) is 19.7 Å². The number of likely N-dealkylation sites (N-methyl/N-ethyl adjacent to an activating group) is 2. The largest absolute Gasteiger partial charge is 0.497 e. The predicted octanol–water partition coefficient (Wildman–Crippen LogP) is 5.80. The van der Waals surface area contributed by atoms with Gasteiger partial charge in [-0.05, 0) is 104 Å². The number of imide groups is 1. The van der Waals surface area contributed by atoms with E-state index in [2.05, 4.69) is 31.9 Å². The lowest BCUT2D eigenvalue weighted by atomic mass is 9.89. The van der Waals surface area contributed by atoms with E-state index in [0.29, 0.717) is 49.1 Å². The number of nitrogens with one attached hydrogen (secondary N) is 6. The molecule has 2 aliphatic heterocycles. The first-order valence-corrected chi connectivity index (χ1v) is 37.8. The average Bonchev–Trinajstić information content (AvgIpc) is 1.69. The van der Waals surface area contributed by atoms with E-state index < -0.39 is 155 Å². The Bertz CT molecular complexity index is 3420. The van der Waals surface area contributed by atoms with Crippen molar-refractivity contribution in [1.29, 1.82) is 0 Å². The number of primary amides is 1. The van der Waals surface area contributed by atoms with Crippen molar-refractivity contribution in [3.05, 3.63) is 59.4 Å². The molecule has 12 atom stereocenters. The van der Waals surface area contributed by atoms with Crippen LogP contribution in [0.1, 0.15) is 162 Å². The van der Waals surface area contributed by atoms with Gasteiger partial charge < -0.3 is 76.2 Å². The van der Waals surface area contributed by atoms with Crippen molar-refractivity contribution < 1.29 is 95.5 Å². The maximum Gasteiger partial charge on any atom is 0.410 e. The van der Waals surface area contributed by atoms with E-state index in [0.717, 1.165) is 23.8 Å². The number of benzene rings is 2. The number of nitrogens with zero attached hydrogens (tertiary/aromatic N) is 4. The number of urea groups is 1. The molecule has 2 aromatic rings. The van der Waals surface area contributed by atoms with Crippen LogP contribution in [0, 0.1) is 40.8 Å². The molecule has 107 heavy (non-hydrogen) atoms. The van der Waals surface area contributed by atoms with Gasteiger partial charge in [0.1, 0.15) is 42.3 Å². The number of aliphatic carboxylic acids is 1. The summed E-state index contributed by atoms with van der Waals surface area (Å²) in [5, 5.41) is 25.0. The van der Waals surface area contributed by atoms with E-state index in [1.807, 2.05) is 13.8 Å². The molecule has 0 radical (unpaired) electrons. The minimum absolute atomic E-state index is 0.0380. The lowest BCUT2D eigenvalue weighted by molar-refractivity contribution is -0.148. The molecule has 3 aliphatic rings. The Labute approximate surface area is 631 Å². The molecule has 12 amide bonds. The second-order valence-electron chi connectivity index (χ2n) is 29.3. The molecule has 32 heteroatoms. The van der Waals surface area contributed by atoms with Gasteiger partial charge >= 0.3 is 18.1 Å². The number of ether oxygens (including phenoxy) is 5. The van der Waals surface area contributed by atoms with Crippen LogP contribution in [0.25, 0.3) is 0 Å². The summed E-state index contributed by atoms with van der Waals surface area (Å²) in [4.78, 5) is 180. The molecule has 1 aliphatic carbocycles. The molecule has 2 heterocycles. The molecule has 0 bridgehead atoms. The highest BCUT2D eigenvalue weighted by Crippen LogP contribution is 2.52. The van der Waals surface area contributed by atoms with Gasteiger partial charge in [-0.1, -0.05) is 87.3 Å². The molecular weight excluding hydrogens is 1410 g/mol. The van der Waals surface area contributed by atoms with E-state index in [1.165, 1.54) is 69.2 Å². The summed E-state index contributed by atoms with van der Waals surface area (Å²) < 4.78 is 43.2. The number of carboxylic acids is 1. The van der Waals surface area contributed by atoms with Gasteiger partial charge in [-0.3, -0.25) is 62.5 Å². The van der Waals surface area contributed by atoms with Crippen molar-refractivity contribution >= 4 is 94.5 Å². The quantitative estimate of drug-likeness (QED) is 0.0220. The van der Waals surface area contributed by atoms with E-state index in [1.54, 1.807) is 84.7 Å². The topological polar surface area (TPSA) is 399 Å². The van der Waals surface area contributed by atoms with Crippen molar-refractivity contribution in [3.63, 3.8) is 0 Å². The number of ketones is 1. The lowest BCUT2D eigenvalue weighted by Gasteiger charge is -2.41. The van der Waals surface area contributed by atoms with Gasteiger partial charge in [0.25, 0.3) is 0 Å². The smallest absolute Gasteiger partial charge is 0.410 e. The van der Waals surface area contributed by atoms with Gasteiger partial charge in [0, 0.05) is 85.4 Å². The van der Waals surface area contributed by atoms with Gasteiger partial charge in [-0.15, -0.1) is 11.8 Å². The number of hydrogen-bond acceptors (Lipinski definition) is 19. The Morgan fingerprint density at radius 2 is 1.45 bits per heavy atom. The van der Waals surface area contributed by atoms with Crippen molar-refractivity contribution in [2.75, 3.05) is 79.8 Å². The first-order valence-electron chi connectivity index (χ1n) is 36.8. The number of thioether (sulfide) groups is 1. The molecule has 2 saturated heterocycles. The van der Waals surface area contributed by atoms with Crippen LogP contribution in [0.3, 0.4) is 0 Å². The van der Waals surface area contributed by atoms with Gasteiger partial charge in [-0.25, -0.2) is 14.0 Å². The molecule has 596 valence electrons. The monoisotopic (exact) mass is 1520 g/mol. The van der Waals surface area contributed by atoms with Crippen LogP contribution in [0.2, 0.25) is 0 Å². The van der Waals surface area contributed by atoms with Crippen molar-refractivity contribution in [2.24, 2.45) is 40.7 Å². The Kier molecular flexibility index (Phi) is 35.2. The Morgan fingerprint density at radius 1 is 0.776 bits per heavy atom. The molecule has 0 spiro atoms. The van der Waals surface area contributed by atoms with Crippen LogP contribution in [0.15, 0.2) is 42.5 Å². The van der Waals surface area contributed by atoms with Gasteiger partial charge in [0.2, 0.25) is 53.2 Å².